The van der Waals surface area contributed by atoms with Gasteiger partial charge in [0.15, 0.2) is 17.5 Å². The van der Waals surface area contributed by atoms with Crippen molar-refractivity contribution in [2.75, 3.05) is 10.7 Å². The molecule has 15 heavy (non-hydrogen) atoms. The molecule has 0 saturated heterocycles. The van der Waals surface area contributed by atoms with Gasteiger partial charge in [0.1, 0.15) is 0 Å². The molecule has 0 amide bonds. The van der Waals surface area contributed by atoms with Gasteiger partial charge in [0.2, 0.25) is 0 Å². The van der Waals surface area contributed by atoms with E-state index in [1.54, 1.807) is 10.9 Å². The number of hydrogen-bond acceptors (Lipinski definition) is 6. The van der Waals surface area contributed by atoms with Crippen molar-refractivity contribution in [3.63, 3.8) is 0 Å². The minimum absolute atomic E-state index is 0.496. The Balaban J connectivity index is 2.16. The number of rotatable bonds is 3. The Labute approximate surface area is 86.3 Å². The second-order valence-corrected chi connectivity index (χ2v) is 2.93. The SMILES string of the molecule is Cn1ccc(Nc2cncc(NN)n2)n1. The first-order chi connectivity index (χ1) is 7.28. The minimum Gasteiger partial charge on any atom is -0.322 e. The standard InChI is InChI=1S/C8H11N7/c1-15-3-2-6(14-15)11-7-4-10-5-8(12-7)13-9/h2-5H,9H2,1H3,(H2,11,12,13,14). The number of aromatic nitrogens is 4. The summed E-state index contributed by atoms with van der Waals surface area (Å²) in [5.74, 6) is 7.01. The van der Waals surface area contributed by atoms with E-state index in [4.69, 9.17) is 5.84 Å². The maximum atomic E-state index is 5.22. The topological polar surface area (TPSA) is 93.7 Å². The predicted molar refractivity (Wildman–Crippen MR) is 56.3 cm³/mol. The number of nitrogens with two attached hydrogens (primary N) is 1. The summed E-state index contributed by atoms with van der Waals surface area (Å²) in [7, 11) is 1.84. The maximum Gasteiger partial charge on any atom is 0.160 e. The van der Waals surface area contributed by atoms with Crippen LogP contribution in [0.1, 0.15) is 0 Å². The van der Waals surface area contributed by atoms with Crippen molar-refractivity contribution in [3.05, 3.63) is 24.7 Å². The van der Waals surface area contributed by atoms with Crippen LogP contribution in [0.25, 0.3) is 0 Å². The molecule has 0 radical (unpaired) electrons. The number of anilines is 3. The largest absolute Gasteiger partial charge is 0.322 e. The van der Waals surface area contributed by atoms with Gasteiger partial charge >= 0.3 is 0 Å². The molecule has 0 spiro atoms. The van der Waals surface area contributed by atoms with Crippen molar-refractivity contribution in [2.24, 2.45) is 12.9 Å². The Hall–Kier alpha value is -2.15. The average molecular weight is 205 g/mol. The Morgan fingerprint density at radius 3 is 2.73 bits per heavy atom. The van der Waals surface area contributed by atoms with Gasteiger partial charge in [-0.05, 0) is 0 Å². The van der Waals surface area contributed by atoms with Gasteiger partial charge in [0.25, 0.3) is 0 Å². The number of aryl methyl sites for hydroxylation is 1. The van der Waals surface area contributed by atoms with E-state index in [0.717, 1.165) is 0 Å². The molecule has 0 bridgehead atoms. The van der Waals surface area contributed by atoms with E-state index in [-0.39, 0.29) is 0 Å². The van der Waals surface area contributed by atoms with Crippen LogP contribution in [-0.4, -0.2) is 19.7 Å². The summed E-state index contributed by atoms with van der Waals surface area (Å²) in [6.07, 6.45) is 4.96. The van der Waals surface area contributed by atoms with Gasteiger partial charge in [-0.1, -0.05) is 0 Å². The lowest BCUT2D eigenvalue weighted by Gasteiger charge is -2.03. The van der Waals surface area contributed by atoms with Crippen molar-refractivity contribution in [3.8, 4) is 0 Å². The Kier molecular flexibility index (Phi) is 2.46. The summed E-state index contributed by atoms with van der Waals surface area (Å²) in [6, 6.07) is 1.84. The highest BCUT2D eigenvalue weighted by atomic mass is 15.3. The quantitative estimate of drug-likeness (QED) is 0.491. The number of hydrogen-bond donors (Lipinski definition) is 3. The number of nitrogen functional groups attached to an aromatic ring is 1. The molecule has 0 aliphatic rings. The van der Waals surface area contributed by atoms with Crippen LogP contribution in [0, 0.1) is 0 Å². The third-order valence-corrected chi connectivity index (χ3v) is 1.75. The van der Waals surface area contributed by atoms with Crippen LogP contribution < -0.4 is 16.6 Å². The highest BCUT2D eigenvalue weighted by Crippen LogP contribution is 2.11. The molecular weight excluding hydrogens is 194 g/mol. The highest BCUT2D eigenvalue weighted by molar-refractivity contribution is 5.51. The molecule has 2 aromatic heterocycles. The zero-order chi connectivity index (χ0) is 10.7. The summed E-state index contributed by atoms with van der Waals surface area (Å²) < 4.78 is 1.70. The van der Waals surface area contributed by atoms with Crippen molar-refractivity contribution < 1.29 is 0 Å². The Morgan fingerprint density at radius 2 is 2.07 bits per heavy atom. The minimum atomic E-state index is 0.496. The van der Waals surface area contributed by atoms with Gasteiger partial charge in [-0.3, -0.25) is 9.67 Å². The van der Waals surface area contributed by atoms with Gasteiger partial charge in [-0.2, -0.15) is 5.10 Å². The highest BCUT2D eigenvalue weighted by Gasteiger charge is 2.00. The molecule has 0 atom stereocenters. The molecule has 0 fully saturated rings. The normalized spacial score (nSPS) is 10.0. The summed E-state index contributed by atoms with van der Waals surface area (Å²) in [6.45, 7) is 0. The van der Waals surface area contributed by atoms with Crippen molar-refractivity contribution in [1.29, 1.82) is 0 Å². The van der Waals surface area contributed by atoms with Gasteiger partial charge in [-0.25, -0.2) is 10.8 Å². The molecule has 2 heterocycles. The van der Waals surface area contributed by atoms with E-state index >= 15 is 0 Å². The van der Waals surface area contributed by atoms with Gasteiger partial charge < -0.3 is 10.7 Å². The van der Waals surface area contributed by atoms with Gasteiger partial charge in [-0.15, -0.1) is 0 Å². The first-order valence-electron chi connectivity index (χ1n) is 4.33. The fourth-order valence-corrected chi connectivity index (χ4v) is 1.11. The molecule has 78 valence electrons. The monoisotopic (exact) mass is 205 g/mol. The number of nitrogens with one attached hydrogen (secondary N) is 2. The fourth-order valence-electron chi connectivity index (χ4n) is 1.11. The zero-order valence-electron chi connectivity index (χ0n) is 8.18. The van der Waals surface area contributed by atoms with Crippen LogP contribution >= 0.6 is 0 Å². The molecule has 0 aromatic carbocycles. The molecule has 4 N–H and O–H groups in total. The number of hydrazine groups is 1. The summed E-state index contributed by atoms with van der Waals surface area (Å²) in [5, 5.41) is 7.15. The van der Waals surface area contributed by atoms with Crippen molar-refractivity contribution in [2.45, 2.75) is 0 Å². The molecule has 0 saturated carbocycles. The van der Waals surface area contributed by atoms with E-state index in [2.05, 4.69) is 25.8 Å². The first kappa shape index (κ1) is 9.41. The van der Waals surface area contributed by atoms with E-state index in [1.165, 1.54) is 6.20 Å². The third kappa shape index (κ3) is 2.20. The molecule has 0 unspecified atom stereocenters. The molecule has 2 aromatic rings. The van der Waals surface area contributed by atoms with Crippen LogP contribution in [0.15, 0.2) is 24.7 Å². The Morgan fingerprint density at radius 1 is 1.27 bits per heavy atom. The summed E-state index contributed by atoms with van der Waals surface area (Å²) in [4.78, 5) is 8.09. The van der Waals surface area contributed by atoms with Crippen molar-refractivity contribution in [1.82, 2.24) is 19.7 Å². The fraction of sp³-hybridized carbons (Fsp3) is 0.125. The van der Waals surface area contributed by atoms with E-state index in [9.17, 15) is 0 Å². The van der Waals surface area contributed by atoms with Crippen LogP contribution in [0.3, 0.4) is 0 Å². The van der Waals surface area contributed by atoms with E-state index < -0.39 is 0 Å². The summed E-state index contributed by atoms with van der Waals surface area (Å²) >= 11 is 0. The molecule has 7 nitrogen and oxygen atoms in total. The van der Waals surface area contributed by atoms with Gasteiger partial charge in [0, 0.05) is 19.3 Å². The van der Waals surface area contributed by atoms with Crippen LogP contribution in [0.4, 0.5) is 17.5 Å². The van der Waals surface area contributed by atoms with Crippen LogP contribution in [-0.2, 0) is 7.05 Å². The molecular formula is C8H11N7. The molecule has 7 heteroatoms. The lowest BCUT2D eigenvalue weighted by molar-refractivity contribution is 0.771. The van der Waals surface area contributed by atoms with Crippen LogP contribution in [0.5, 0.6) is 0 Å². The van der Waals surface area contributed by atoms with E-state index in [0.29, 0.717) is 17.5 Å². The second-order valence-electron chi connectivity index (χ2n) is 2.93. The third-order valence-electron chi connectivity index (χ3n) is 1.75. The lowest BCUT2D eigenvalue weighted by atomic mass is 10.5. The molecule has 2 rings (SSSR count). The molecule has 0 aliphatic heterocycles. The smallest absolute Gasteiger partial charge is 0.160 e. The van der Waals surface area contributed by atoms with E-state index in [1.807, 2.05) is 19.3 Å². The number of nitrogens with zero attached hydrogens (tertiary/aromatic N) is 4. The zero-order valence-corrected chi connectivity index (χ0v) is 8.18. The first-order valence-corrected chi connectivity index (χ1v) is 4.33. The van der Waals surface area contributed by atoms with Crippen LogP contribution in [0.2, 0.25) is 0 Å². The average Bonchev–Trinajstić information content (AvgIpc) is 2.64. The summed E-state index contributed by atoms with van der Waals surface area (Å²) in [5.41, 5.74) is 2.42. The lowest BCUT2D eigenvalue weighted by Crippen LogP contribution is -2.09. The predicted octanol–water partition coefficient (Wildman–Crippen LogP) is 0.239. The maximum absolute atomic E-state index is 5.22. The Bertz CT molecular complexity index is 450. The second kappa shape index (κ2) is 3.93. The molecule has 0 aliphatic carbocycles. The van der Waals surface area contributed by atoms with Crippen molar-refractivity contribution >= 4 is 17.5 Å². The van der Waals surface area contributed by atoms with Gasteiger partial charge in [0.05, 0.1) is 12.4 Å².